The molecule has 0 bridgehead atoms. The van der Waals surface area contributed by atoms with Gasteiger partial charge in [0.05, 0.1) is 17.7 Å². The van der Waals surface area contributed by atoms with Crippen molar-refractivity contribution in [3.05, 3.63) is 89.8 Å². The number of piperidine rings is 1. The van der Waals surface area contributed by atoms with E-state index in [1.807, 2.05) is 66.9 Å². The minimum atomic E-state index is -0.528. The Labute approximate surface area is 245 Å². The number of benzene rings is 2. The van der Waals surface area contributed by atoms with Crippen LogP contribution in [0, 0.1) is 0 Å². The second-order valence-corrected chi connectivity index (χ2v) is 11.3. The number of hydrogen-bond donors (Lipinski definition) is 2. The Kier molecular flexibility index (Phi) is 6.27. The number of nitrogens with one attached hydrogen (secondary N) is 1. The van der Waals surface area contributed by atoms with Gasteiger partial charge in [-0.3, -0.25) is 4.79 Å². The molecule has 5 aromatic rings. The maximum absolute atomic E-state index is 13.0. The molecule has 0 radical (unpaired) electrons. The van der Waals surface area contributed by atoms with Crippen molar-refractivity contribution in [2.24, 2.45) is 0 Å². The second kappa shape index (κ2) is 10.1. The summed E-state index contributed by atoms with van der Waals surface area (Å²) >= 11 is 3.57. The van der Waals surface area contributed by atoms with Gasteiger partial charge in [-0.15, -0.1) is 0 Å². The smallest absolute Gasteiger partial charge is 0.247 e. The van der Waals surface area contributed by atoms with E-state index >= 15 is 0 Å². The molecule has 10 heteroatoms. The molecule has 2 aromatic carbocycles. The highest BCUT2D eigenvalue weighted by Gasteiger charge is 2.50. The van der Waals surface area contributed by atoms with Crippen LogP contribution in [0.1, 0.15) is 12.8 Å². The fourth-order valence-corrected chi connectivity index (χ4v) is 6.38. The largest absolute Gasteiger partial charge is 0.383 e. The zero-order valence-electron chi connectivity index (χ0n) is 22.2. The first kappa shape index (κ1) is 25.4. The molecule has 0 aliphatic carbocycles. The van der Waals surface area contributed by atoms with Gasteiger partial charge >= 0.3 is 0 Å². The number of nitrogen functional groups attached to an aromatic ring is 1. The molecule has 0 saturated carbocycles. The summed E-state index contributed by atoms with van der Waals surface area (Å²) in [7, 11) is 0. The molecule has 2 saturated heterocycles. The van der Waals surface area contributed by atoms with Crippen LogP contribution in [0.2, 0.25) is 0 Å². The van der Waals surface area contributed by atoms with Crippen LogP contribution in [-0.4, -0.2) is 51.1 Å². The molecule has 3 N–H and O–H groups in total. The maximum Gasteiger partial charge on any atom is 0.247 e. The minimum absolute atomic E-state index is 0.109. The lowest BCUT2D eigenvalue weighted by atomic mass is 9.85. The molecule has 2 aliphatic heterocycles. The van der Waals surface area contributed by atoms with E-state index in [0.717, 1.165) is 69.7 Å². The fourth-order valence-electron chi connectivity index (χ4n) is 5.98. The van der Waals surface area contributed by atoms with Crippen LogP contribution in [0.4, 0.5) is 17.3 Å². The van der Waals surface area contributed by atoms with E-state index in [9.17, 15) is 4.79 Å². The van der Waals surface area contributed by atoms with Crippen LogP contribution in [0.15, 0.2) is 89.8 Å². The molecule has 204 valence electrons. The Morgan fingerprint density at radius 2 is 1.73 bits per heavy atom. The van der Waals surface area contributed by atoms with Gasteiger partial charge in [-0.1, -0.05) is 46.3 Å². The van der Waals surface area contributed by atoms with Crippen molar-refractivity contribution in [2.45, 2.75) is 18.4 Å². The highest BCUT2D eigenvalue weighted by atomic mass is 79.9. The lowest BCUT2D eigenvalue weighted by molar-refractivity contribution is -0.124. The number of nitrogens with zero attached hydrogens (tertiary/aromatic N) is 6. The van der Waals surface area contributed by atoms with Gasteiger partial charge < -0.3 is 20.9 Å². The number of nitrogens with two attached hydrogens (primary N) is 1. The van der Waals surface area contributed by atoms with Crippen LogP contribution in [0.5, 0.6) is 0 Å². The van der Waals surface area contributed by atoms with E-state index in [-0.39, 0.29) is 5.91 Å². The van der Waals surface area contributed by atoms with Gasteiger partial charge in [-0.2, -0.15) is 0 Å². The average molecular weight is 608 g/mol. The summed E-state index contributed by atoms with van der Waals surface area (Å²) in [5.74, 6) is 1.38. The molecule has 3 aromatic heterocycles. The highest BCUT2D eigenvalue weighted by Crippen LogP contribution is 2.38. The Morgan fingerprint density at radius 3 is 2.49 bits per heavy atom. The number of anilines is 3. The van der Waals surface area contributed by atoms with Crippen molar-refractivity contribution in [3.8, 4) is 22.4 Å². The Hall–Kier alpha value is -4.57. The number of hydrogen-bond acceptors (Lipinski definition) is 8. The number of carbonyl (C=O) groups excluding carboxylic acids is 1. The van der Waals surface area contributed by atoms with Crippen molar-refractivity contribution < 1.29 is 4.79 Å². The summed E-state index contributed by atoms with van der Waals surface area (Å²) in [5.41, 5.74) is 10.9. The molecule has 5 heterocycles. The fraction of sp³-hybridized carbons (Fsp3) is 0.194. The summed E-state index contributed by atoms with van der Waals surface area (Å²) in [4.78, 5) is 35.7. The van der Waals surface area contributed by atoms with Gasteiger partial charge in [0.1, 0.15) is 23.5 Å². The van der Waals surface area contributed by atoms with E-state index in [1.54, 1.807) is 0 Å². The van der Waals surface area contributed by atoms with Crippen LogP contribution in [0.25, 0.3) is 33.4 Å². The molecule has 7 rings (SSSR count). The normalized spacial score (nSPS) is 16.4. The van der Waals surface area contributed by atoms with Gasteiger partial charge in [-0.25, -0.2) is 19.9 Å². The third-order valence-corrected chi connectivity index (χ3v) is 8.63. The number of rotatable bonds is 4. The maximum atomic E-state index is 13.0. The first-order valence-electron chi connectivity index (χ1n) is 13.5. The predicted octanol–water partition coefficient (Wildman–Crippen LogP) is 5.03. The summed E-state index contributed by atoms with van der Waals surface area (Å²) < 4.78 is 0.966. The summed E-state index contributed by atoms with van der Waals surface area (Å²) in [6.07, 6.45) is 4.73. The molecule has 9 nitrogen and oxygen atoms in total. The van der Waals surface area contributed by atoms with Crippen LogP contribution in [-0.2, 0) is 4.79 Å². The molecular formula is C31H27BrN8O. The first-order chi connectivity index (χ1) is 20.0. The number of pyridine rings is 2. The molecule has 1 spiro atoms. The number of para-hydroxylation sites is 1. The van der Waals surface area contributed by atoms with E-state index in [0.29, 0.717) is 18.1 Å². The molecule has 2 fully saturated rings. The number of fused-ring (bicyclic) bond motifs is 1. The highest BCUT2D eigenvalue weighted by molar-refractivity contribution is 9.10. The number of carbonyl (C=O) groups is 1. The summed E-state index contributed by atoms with van der Waals surface area (Å²) in [6.45, 7) is 2.01. The molecule has 0 atom stereocenters. The lowest BCUT2D eigenvalue weighted by Gasteiger charge is -2.43. The Balaban J connectivity index is 1.16. The van der Waals surface area contributed by atoms with Crippen molar-refractivity contribution in [3.63, 3.8) is 0 Å². The van der Waals surface area contributed by atoms with Crippen molar-refractivity contribution in [1.82, 2.24) is 25.3 Å². The zero-order chi connectivity index (χ0) is 28.0. The van der Waals surface area contributed by atoms with Crippen LogP contribution < -0.4 is 20.9 Å². The van der Waals surface area contributed by atoms with E-state index in [2.05, 4.69) is 53.1 Å². The summed E-state index contributed by atoms with van der Waals surface area (Å²) in [5, 5.41) is 3.79. The SMILES string of the molecule is Nc1ncnc2nc(-c3ccc(N4CCC5(CC4)C(=O)NCN5c4ccccc4)nc3)cc(-c3cccc(Br)c3)c12. The molecule has 0 unspecified atom stereocenters. The third kappa shape index (κ3) is 4.44. The van der Waals surface area contributed by atoms with E-state index < -0.39 is 5.54 Å². The van der Waals surface area contributed by atoms with Gasteiger partial charge in [-0.05, 0) is 66.4 Å². The van der Waals surface area contributed by atoms with Gasteiger partial charge in [0.15, 0.2) is 5.65 Å². The van der Waals surface area contributed by atoms with Gasteiger partial charge in [0, 0.05) is 35.0 Å². The third-order valence-electron chi connectivity index (χ3n) is 8.13. The Morgan fingerprint density at radius 1 is 0.902 bits per heavy atom. The number of halogens is 1. The first-order valence-corrected chi connectivity index (χ1v) is 14.3. The van der Waals surface area contributed by atoms with Crippen LogP contribution in [0.3, 0.4) is 0 Å². The topological polar surface area (TPSA) is 113 Å². The standard InChI is InChI=1S/C31H27BrN8O/c32-22-6-4-5-20(15-22)24-16-25(38-29-27(24)28(33)35-18-36-29)21-9-10-26(34-17-21)39-13-11-31(12-14-39)30(41)37-19-40(31)23-7-2-1-3-8-23/h1-10,15-18H,11-14,19H2,(H,37,41)(H2,33,35,36,38). The van der Waals surface area contributed by atoms with Crippen LogP contribution >= 0.6 is 15.9 Å². The van der Waals surface area contributed by atoms with Crippen molar-refractivity contribution >= 4 is 50.2 Å². The second-order valence-electron chi connectivity index (χ2n) is 10.4. The monoisotopic (exact) mass is 606 g/mol. The van der Waals surface area contributed by atoms with E-state index in [4.69, 9.17) is 15.7 Å². The molecular weight excluding hydrogens is 580 g/mol. The van der Waals surface area contributed by atoms with Gasteiger partial charge in [0.25, 0.3) is 0 Å². The van der Waals surface area contributed by atoms with Crippen molar-refractivity contribution in [2.75, 3.05) is 35.3 Å². The minimum Gasteiger partial charge on any atom is -0.383 e. The average Bonchev–Trinajstić information content (AvgIpc) is 3.32. The quantitative estimate of drug-likeness (QED) is 0.293. The molecule has 2 aliphatic rings. The number of amides is 1. The Bertz CT molecular complexity index is 1750. The molecule has 41 heavy (non-hydrogen) atoms. The lowest BCUT2D eigenvalue weighted by Crippen LogP contribution is -2.56. The predicted molar refractivity (Wildman–Crippen MR) is 164 cm³/mol. The van der Waals surface area contributed by atoms with E-state index in [1.165, 1.54) is 6.33 Å². The van der Waals surface area contributed by atoms with Gasteiger partial charge in [0.2, 0.25) is 5.91 Å². The summed E-state index contributed by atoms with van der Waals surface area (Å²) in [6, 6.07) is 24.3. The number of aromatic nitrogens is 4. The van der Waals surface area contributed by atoms with Crippen molar-refractivity contribution in [1.29, 1.82) is 0 Å². The zero-order valence-corrected chi connectivity index (χ0v) is 23.8. The molecule has 1 amide bonds.